The van der Waals surface area contributed by atoms with Gasteiger partial charge in [-0.3, -0.25) is 9.69 Å². The van der Waals surface area contributed by atoms with E-state index >= 15 is 0 Å². The zero-order valence-electron chi connectivity index (χ0n) is 11.1. The third kappa shape index (κ3) is 2.71. The van der Waals surface area contributed by atoms with Gasteiger partial charge in [0.25, 0.3) is 0 Å². The number of carbonyl (C=O) groups is 1. The topological polar surface area (TPSA) is 44.4 Å². The number of nitrogens with one attached hydrogen (secondary N) is 2. The standard InChI is InChI=1S/C14H21N3O/c1-15-8-7-11-3-5-13-12(9-11)4-6-14(18)17(13)10-16-2/h3,5,9,15-16H,4,6-8,10H2,1-2H3. The largest absolute Gasteiger partial charge is 0.319 e. The Balaban J connectivity index is 2.22. The van der Waals surface area contributed by atoms with Crippen LogP contribution in [0.15, 0.2) is 18.2 Å². The van der Waals surface area contributed by atoms with E-state index in [1.807, 2.05) is 19.0 Å². The lowest BCUT2D eigenvalue weighted by Gasteiger charge is -2.29. The summed E-state index contributed by atoms with van der Waals surface area (Å²) >= 11 is 0. The molecule has 2 N–H and O–H groups in total. The van der Waals surface area contributed by atoms with Crippen LogP contribution in [0.3, 0.4) is 0 Å². The number of nitrogens with zero attached hydrogens (tertiary/aromatic N) is 1. The SMILES string of the molecule is CNCCc1ccc2c(c1)CCC(=O)N2CNC. The van der Waals surface area contributed by atoms with E-state index in [0.717, 1.165) is 25.1 Å². The molecule has 4 heteroatoms. The molecule has 1 amide bonds. The molecule has 4 nitrogen and oxygen atoms in total. The Morgan fingerprint density at radius 2 is 2.06 bits per heavy atom. The summed E-state index contributed by atoms with van der Waals surface area (Å²) in [6, 6.07) is 6.44. The molecule has 0 radical (unpaired) electrons. The second kappa shape index (κ2) is 5.98. The van der Waals surface area contributed by atoms with Crippen molar-refractivity contribution in [3.8, 4) is 0 Å². The van der Waals surface area contributed by atoms with E-state index < -0.39 is 0 Å². The van der Waals surface area contributed by atoms with Gasteiger partial charge >= 0.3 is 0 Å². The smallest absolute Gasteiger partial charge is 0.228 e. The van der Waals surface area contributed by atoms with Crippen molar-refractivity contribution in [2.24, 2.45) is 0 Å². The van der Waals surface area contributed by atoms with Crippen molar-refractivity contribution in [1.82, 2.24) is 10.6 Å². The molecule has 0 saturated heterocycles. The first-order chi connectivity index (χ1) is 8.76. The number of fused-ring (bicyclic) bond motifs is 1. The van der Waals surface area contributed by atoms with Crippen molar-refractivity contribution >= 4 is 11.6 Å². The van der Waals surface area contributed by atoms with Gasteiger partial charge in [-0.1, -0.05) is 12.1 Å². The van der Waals surface area contributed by atoms with E-state index in [-0.39, 0.29) is 5.91 Å². The van der Waals surface area contributed by atoms with Gasteiger partial charge in [0.1, 0.15) is 0 Å². The van der Waals surface area contributed by atoms with Crippen LogP contribution in [-0.4, -0.2) is 33.2 Å². The van der Waals surface area contributed by atoms with Crippen molar-refractivity contribution in [3.05, 3.63) is 29.3 Å². The molecule has 0 aromatic heterocycles. The fraction of sp³-hybridized carbons (Fsp3) is 0.500. The number of aryl methyl sites for hydroxylation is 1. The Bertz CT molecular complexity index is 431. The fourth-order valence-electron chi connectivity index (χ4n) is 2.37. The Kier molecular flexibility index (Phi) is 4.33. The first-order valence-electron chi connectivity index (χ1n) is 6.47. The summed E-state index contributed by atoms with van der Waals surface area (Å²) < 4.78 is 0. The number of benzene rings is 1. The summed E-state index contributed by atoms with van der Waals surface area (Å²) in [6.45, 7) is 1.57. The zero-order valence-corrected chi connectivity index (χ0v) is 11.1. The second-order valence-electron chi connectivity index (χ2n) is 4.65. The summed E-state index contributed by atoms with van der Waals surface area (Å²) in [5.74, 6) is 0.208. The van der Waals surface area contributed by atoms with Crippen molar-refractivity contribution in [3.63, 3.8) is 0 Å². The van der Waals surface area contributed by atoms with E-state index in [2.05, 4.69) is 28.8 Å². The minimum Gasteiger partial charge on any atom is -0.319 e. The van der Waals surface area contributed by atoms with Gasteiger partial charge in [0.15, 0.2) is 0 Å². The highest BCUT2D eigenvalue weighted by atomic mass is 16.2. The van der Waals surface area contributed by atoms with Gasteiger partial charge in [-0.25, -0.2) is 0 Å². The molecule has 1 aromatic rings. The van der Waals surface area contributed by atoms with Crippen LogP contribution in [0, 0.1) is 0 Å². The van der Waals surface area contributed by atoms with Gasteiger partial charge in [0, 0.05) is 12.1 Å². The minimum absolute atomic E-state index is 0.208. The molecule has 0 unspecified atom stereocenters. The maximum atomic E-state index is 11.9. The summed E-state index contributed by atoms with van der Waals surface area (Å²) in [6.07, 6.45) is 2.51. The van der Waals surface area contributed by atoms with Crippen LogP contribution in [0.2, 0.25) is 0 Å². The van der Waals surface area contributed by atoms with E-state index in [0.29, 0.717) is 13.1 Å². The van der Waals surface area contributed by atoms with Gasteiger partial charge in [0.05, 0.1) is 6.67 Å². The second-order valence-corrected chi connectivity index (χ2v) is 4.65. The Labute approximate surface area is 108 Å². The monoisotopic (exact) mass is 247 g/mol. The van der Waals surface area contributed by atoms with Gasteiger partial charge in [0.2, 0.25) is 5.91 Å². The predicted octanol–water partition coefficient (Wildman–Crippen LogP) is 0.905. The normalized spacial score (nSPS) is 14.8. The number of likely N-dealkylation sites (N-methyl/N-ethyl adjacent to an activating group) is 1. The molecular formula is C14H21N3O. The van der Waals surface area contributed by atoms with Crippen molar-refractivity contribution in [1.29, 1.82) is 0 Å². The molecule has 1 aromatic carbocycles. The number of hydrogen-bond donors (Lipinski definition) is 2. The molecule has 0 spiro atoms. The van der Waals surface area contributed by atoms with E-state index in [4.69, 9.17) is 0 Å². The maximum Gasteiger partial charge on any atom is 0.228 e. The van der Waals surface area contributed by atoms with Crippen molar-refractivity contribution in [2.45, 2.75) is 19.3 Å². The van der Waals surface area contributed by atoms with E-state index in [1.54, 1.807) is 0 Å². The molecule has 2 rings (SSSR count). The van der Waals surface area contributed by atoms with Crippen molar-refractivity contribution < 1.29 is 4.79 Å². The Morgan fingerprint density at radius 3 is 2.78 bits per heavy atom. The van der Waals surface area contributed by atoms with Gasteiger partial charge in [-0.05, 0) is 50.7 Å². The van der Waals surface area contributed by atoms with Gasteiger partial charge < -0.3 is 10.6 Å². The highest BCUT2D eigenvalue weighted by molar-refractivity contribution is 5.96. The average Bonchev–Trinajstić information content (AvgIpc) is 2.39. The summed E-state index contributed by atoms with van der Waals surface area (Å²) in [5.41, 5.74) is 3.69. The Hall–Kier alpha value is -1.39. The van der Waals surface area contributed by atoms with Crippen LogP contribution in [0.4, 0.5) is 5.69 Å². The lowest BCUT2D eigenvalue weighted by Crippen LogP contribution is -2.40. The molecule has 1 heterocycles. The first-order valence-corrected chi connectivity index (χ1v) is 6.47. The lowest BCUT2D eigenvalue weighted by atomic mass is 9.98. The summed E-state index contributed by atoms with van der Waals surface area (Å²) in [5, 5.41) is 6.21. The number of carbonyl (C=O) groups excluding carboxylic acids is 1. The summed E-state index contributed by atoms with van der Waals surface area (Å²) in [4.78, 5) is 13.7. The third-order valence-electron chi connectivity index (χ3n) is 3.32. The van der Waals surface area contributed by atoms with Crippen LogP contribution in [0.5, 0.6) is 0 Å². The predicted molar refractivity (Wildman–Crippen MR) is 73.8 cm³/mol. The number of amides is 1. The average molecular weight is 247 g/mol. The molecule has 1 aliphatic heterocycles. The van der Waals surface area contributed by atoms with Crippen molar-refractivity contribution in [2.75, 3.05) is 32.2 Å². The fourth-order valence-corrected chi connectivity index (χ4v) is 2.37. The highest BCUT2D eigenvalue weighted by Gasteiger charge is 2.23. The molecule has 0 fully saturated rings. The molecule has 18 heavy (non-hydrogen) atoms. The van der Waals surface area contributed by atoms with Crippen LogP contribution in [0.25, 0.3) is 0 Å². The van der Waals surface area contributed by atoms with Crippen LogP contribution >= 0.6 is 0 Å². The van der Waals surface area contributed by atoms with E-state index in [9.17, 15) is 4.79 Å². The van der Waals surface area contributed by atoms with Gasteiger partial charge in [-0.15, -0.1) is 0 Å². The molecule has 1 aliphatic rings. The highest BCUT2D eigenvalue weighted by Crippen LogP contribution is 2.28. The van der Waals surface area contributed by atoms with Crippen LogP contribution in [-0.2, 0) is 17.6 Å². The molecular weight excluding hydrogens is 226 g/mol. The number of hydrogen-bond acceptors (Lipinski definition) is 3. The van der Waals surface area contributed by atoms with Crippen LogP contribution < -0.4 is 15.5 Å². The van der Waals surface area contributed by atoms with E-state index in [1.165, 1.54) is 11.1 Å². The van der Waals surface area contributed by atoms with Crippen LogP contribution in [0.1, 0.15) is 17.5 Å². The lowest BCUT2D eigenvalue weighted by molar-refractivity contribution is -0.119. The Morgan fingerprint density at radius 1 is 1.22 bits per heavy atom. The first kappa shape index (κ1) is 13.1. The number of rotatable bonds is 5. The molecule has 0 aliphatic carbocycles. The zero-order chi connectivity index (χ0) is 13.0. The molecule has 98 valence electrons. The van der Waals surface area contributed by atoms with Gasteiger partial charge in [-0.2, -0.15) is 0 Å². The maximum absolute atomic E-state index is 11.9. The minimum atomic E-state index is 0.208. The quantitative estimate of drug-likeness (QED) is 0.812. The third-order valence-corrected chi connectivity index (χ3v) is 3.32. The molecule has 0 bridgehead atoms. The molecule has 0 atom stereocenters. The number of anilines is 1. The summed E-state index contributed by atoms with van der Waals surface area (Å²) in [7, 11) is 3.83. The molecule has 0 saturated carbocycles.